The van der Waals surface area contributed by atoms with Crippen LogP contribution >= 0.6 is 0 Å². The van der Waals surface area contributed by atoms with Gasteiger partial charge in [-0.25, -0.2) is 4.39 Å². The van der Waals surface area contributed by atoms with Gasteiger partial charge in [0.25, 0.3) is 0 Å². The zero-order chi connectivity index (χ0) is 12.8. The highest BCUT2D eigenvalue weighted by molar-refractivity contribution is 5.36. The van der Waals surface area contributed by atoms with E-state index in [1.165, 1.54) is 12.1 Å². The van der Waals surface area contributed by atoms with Crippen LogP contribution in [0.2, 0.25) is 0 Å². The second kappa shape index (κ2) is 3.51. The van der Waals surface area contributed by atoms with Crippen LogP contribution in [0, 0.1) is 5.82 Å². The summed E-state index contributed by atoms with van der Waals surface area (Å²) >= 11 is 0. The molecule has 0 spiro atoms. The maximum Gasteiger partial charge on any atom is 0.442 e. The largest absolute Gasteiger partial charge is 0.442 e. The second-order valence-electron chi connectivity index (χ2n) is 4.23. The fourth-order valence-corrected chi connectivity index (χ4v) is 1.69. The summed E-state index contributed by atoms with van der Waals surface area (Å²) in [5.74, 6) is -1.07. The molecule has 0 amide bonds. The van der Waals surface area contributed by atoms with E-state index < -0.39 is 23.2 Å². The van der Waals surface area contributed by atoms with Gasteiger partial charge in [-0.15, -0.1) is 10.2 Å². The summed E-state index contributed by atoms with van der Waals surface area (Å²) in [7, 11) is 0. The SMILES string of the molecule is CC(C)c1cccc(C2(C(F)(F)F)N=N2)c1F. The van der Waals surface area contributed by atoms with Crippen molar-refractivity contribution in [3.8, 4) is 0 Å². The summed E-state index contributed by atoms with van der Waals surface area (Å²) in [5.41, 5.74) is -2.96. The van der Waals surface area contributed by atoms with Crippen molar-refractivity contribution >= 4 is 0 Å². The van der Waals surface area contributed by atoms with Crippen molar-refractivity contribution in [3.63, 3.8) is 0 Å². The molecule has 0 N–H and O–H groups in total. The summed E-state index contributed by atoms with van der Waals surface area (Å²) in [4.78, 5) is 0. The van der Waals surface area contributed by atoms with E-state index in [4.69, 9.17) is 0 Å². The molecule has 0 aliphatic carbocycles. The van der Waals surface area contributed by atoms with Gasteiger partial charge in [-0.1, -0.05) is 32.0 Å². The number of hydrogen-bond donors (Lipinski definition) is 0. The van der Waals surface area contributed by atoms with Gasteiger partial charge in [0, 0.05) is 0 Å². The molecule has 1 aromatic carbocycles. The first-order chi connectivity index (χ1) is 7.79. The summed E-state index contributed by atoms with van der Waals surface area (Å²) in [6, 6.07) is 3.94. The Kier molecular flexibility index (Phi) is 2.48. The van der Waals surface area contributed by atoms with Crippen molar-refractivity contribution in [1.29, 1.82) is 0 Å². The van der Waals surface area contributed by atoms with E-state index in [0.29, 0.717) is 0 Å². The topological polar surface area (TPSA) is 24.7 Å². The molecule has 0 fully saturated rings. The predicted molar refractivity (Wildman–Crippen MR) is 53.1 cm³/mol. The Bertz CT molecular complexity index is 471. The van der Waals surface area contributed by atoms with E-state index in [-0.39, 0.29) is 11.5 Å². The average molecular weight is 246 g/mol. The Morgan fingerprint density at radius 1 is 1.18 bits per heavy atom. The van der Waals surface area contributed by atoms with Gasteiger partial charge in [-0.3, -0.25) is 0 Å². The lowest BCUT2D eigenvalue weighted by Crippen LogP contribution is -2.31. The van der Waals surface area contributed by atoms with Gasteiger partial charge < -0.3 is 0 Å². The zero-order valence-corrected chi connectivity index (χ0v) is 9.22. The molecular weight excluding hydrogens is 236 g/mol. The maximum absolute atomic E-state index is 14.0. The Labute approximate surface area is 95.4 Å². The van der Waals surface area contributed by atoms with Crippen LogP contribution in [-0.2, 0) is 5.66 Å². The fourth-order valence-electron chi connectivity index (χ4n) is 1.69. The van der Waals surface area contributed by atoms with E-state index in [9.17, 15) is 17.6 Å². The number of rotatable bonds is 2. The first-order valence-electron chi connectivity index (χ1n) is 5.09. The van der Waals surface area contributed by atoms with E-state index >= 15 is 0 Å². The molecule has 0 atom stereocenters. The summed E-state index contributed by atoms with van der Waals surface area (Å²) in [6.07, 6.45) is -4.69. The van der Waals surface area contributed by atoms with Crippen LogP contribution in [-0.4, -0.2) is 6.18 Å². The van der Waals surface area contributed by atoms with Crippen LogP contribution in [0.25, 0.3) is 0 Å². The lowest BCUT2D eigenvalue weighted by Gasteiger charge is -2.17. The molecular formula is C11H10F4N2. The Morgan fingerprint density at radius 2 is 1.76 bits per heavy atom. The minimum Gasteiger partial charge on any atom is -0.206 e. The lowest BCUT2D eigenvalue weighted by atomic mass is 9.94. The van der Waals surface area contributed by atoms with E-state index in [2.05, 4.69) is 10.2 Å². The molecule has 17 heavy (non-hydrogen) atoms. The zero-order valence-electron chi connectivity index (χ0n) is 9.22. The highest BCUT2D eigenvalue weighted by Gasteiger charge is 2.66. The standard InChI is InChI=1S/C11H10F4N2/c1-6(2)7-4-3-5-8(9(7)12)10(16-17-10)11(13,14)15/h3-6H,1-2H3. The van der Waals surface area contributed by atoms with Crippen molar-refractivity contribution in [2.45, 2.75) is 31.6 Å². The van der Waals surface area contributed by atoms with E-state index in [0.717, 1.165) is 6.07 Å². The summed E-state index contributed by atoms with van der Waals surface area (Å²) in [6.45, 7) is 3.42. The number of alkyl halides is 3. The monoisotopic (exact) mass is 246 g/mol. The molecule has 1 aliphatic heterocycles. The predicted octanol–water partition coefficient (Wildman–Crippen LogP) is 4.13. The normalized spacial score (nSPS) is 17.6. The van der Waals surface area contributed by atoms with Gasteiger partial charge in [-0.05, 0) is 11.5 Å². The molecule has 2 rings (SSSR count). The molecule has 0 saturated heterocycles. The molecule has 0 radical (unpaired) electrons. The Hall–Kier alpha value is -1.46. The number of benzene rings is 1. The Balaban J connectivity index is 2.51. The van der Waals surface area contributed by atoms with Crippen LogP contribution in [0.1, 0.15) is 30.9 Å². The molecule has 1 heterocycles. The summed E-state index contributed by atoms with van der Waals surface area (Å²) < 4.78 is 52.2. The van der Waals surface area contributed by atoms with Crippen LogP contribution < -0.4 is 0 Å². The maximum atomic E-state index is 14.0. The Morgan fingerprint density at radius 3 is 2.18 bits per heavy atom. The van der Waals surface area contributed by atoms with Crippen molar-refractivity contribution < 1.29 is 17.6 Å². The van der Waals surface area contributed by atoms with E-state index in [1.807, 2.05) is 0 Å². The molecule has 1 aliphatic rings. The van der Waals surface area contributed by atoms with Crippen molar-refractivity contribution in [2.75, 3.05) is 0 Å². The van der Waals surface area contributed by atoms with Crippen LogP contribution in [0.3, 0.4) is 0 Å². The second-order valence-corrected chi connectivity index (χ2v) is 4.23. The number of nitrogens with zero attached hydrogens (tertiary/aromatic N) is 2. The molecule has 0 aromatic heterocycles. The van der Waals surface area contributed by atoms with Gasteiger partial charge >= 0.3 is 11.8 Å². The molecule has 2 nitrogen and oxygen atoms in total. The van der Waals surface area contributed by atoms with Crippen LogP contribution in [0.5, 0.6) is 0 Å². The fraction of sp³-hybridized carbons (Fsp3) is 0.455. The lowest BCUT2D eigenvalue weighted by molar-refractivity contribution is -0.166. The van der Waals surface area contributed by atoms with Crippen molar-refractivity contribution in [2.24, 2.45) is 10.2 Å². The number of hydrogen-bond acceptors (Lipinski definition) is 2. The van der Waals surface area contributed by atoms with Crippen molar-refractivity contribution in [3.05, 3.63) is 35.1 Å². The first kappa shape index (κ1) is 12.0. The molecule has 0 bridgehead atoms. The average Bonchev–Trinajstić information content (AvgIpc) is 2.97. The number of halogens is 4. The van der Waals surface area contributed by atoms with Gasteiger partial charge in [0.2, 0.25) is 0 Å². The van der Waals surface area contributed by atoms with Gasteiger partial charge in [0.05, 0.1) is 5.56 Å². The van der Waals surface area contributed by atoms with Crippen molar-refractivity contribution in [1.82, 2.24) is 0 Å². The quantitative estimate of drug-likeness (QED) is 0.701. The van der Waals surface area contributed by atoms with Crippen LogP contribution in [0.15, 0.2) is 28.4 Å². The van der Waals surface area contributed by atoms with Gasteiger partial charge in [0.1, 0.15) is 5.82 Å². The molecule has 92 valence electrons. The third-order valence-electron chi connectivity index (χ3n) is 2.72. The molecule has 0 saturated carbocycles. The minimum atomic E-state index is -4.69. The molecule has 0 unspecified atom stereocenters. The smallest absolute Gasteiger partial charge is 0.206 e. The third kappa shape index (κ3) is 1.71. The highest BCUT2D eigenvalue weighted by atomic mass is 19.4. The van der Waals surface area contributed by atoms with Gasteiger partial charge in [-0.2, -0.15) is 13.2 Å². The summed E-state index contributed by atoms with van der Waals surface area (Å²) in [5, 5.41) is 5.99. The third-order valence-corrected chi connectivity index (χ3v) is 2.72. The van der Waals surface area contributed by atoms with Crippen LogP contribution in [0.4, 0.5) is 17.6 Å². The molecule has 6 heteroatoms. The van der Waals surface area contributed by atoms with Gasteiger partial charge in [0.15, 0.2) is 0 Å². The highest BCUT2D eigenvalue weighted by Crippen LogP contribution is 2.53. The first-order valence-corrected chi connectivity index (χ1v) is 5.09. The minimum absolute atomic E-state index is 0.195. The van der Waals surface area contributed by atoms with E-state index in [1.54, 1.807) is 13.8 Å². The molecule has 1 aromatic rings.